The zero-order chi connectivity index (χ0) is 11.1. The molecule has 1 saturated carbocycles. The third-order valence-corrected chi connectivity index (χ3v) is 3.74. The van der Waals surface area contributed by atoms with E-state index in [2.05, 4.69) is 4.90 Å². The van der Waals surface area contributed by atoms with E-state index in [9.17, 15) is 0 Å². The summed E-state index contributed by atoms with van der Waals surface area (Å²) in [7, 11) is -1.35. The third kappa shape index (κ3) is 2.01. The average molecular weight is 217 g/mol. The van der Waals surface area contributed by atoms with Crippen LogP contribution >= 0.6 is 0 Å². The second-order valence-electron chi connectivity index (χ2n) is 5.07. The lowest BCUT2D eigenvalue weighted by atomic mass is 9.80. The Morgan fingerprint density at radius 2 is 1.75 bits per heavy atom. The molecule has 3 rings (SSSR count). The van der Waals surface area contributed by atoms with Crippen LogP contribution in [0.5, 0.6) is 0 Å². The first-order chi connectivity index (χ1) is 7.72. The van der Waals surface area contributed by atoms with Crippen molar-refractivity contribution in [3.63, 3.8) is 0 Å². The number of benzene rings is 1. The van der Waals surface area contributed by atoms with Gasteiger partial charge in [-0.25, -0.2) is 0 Å². The van der Waals surface area contributed by atoms with Gasteiger partial charge in [0.15, 0.2) is 0 Å². The fraction of sp³-hybridized carbons (Fsp3) is 0.500. The minimum Gasteiger partial charge on any atom is -0.423 e. The zero-order valence-corrected chi connectivity index (χ0v) is 9.21. The van der Waals surface area contributed by atoms with Crippen LogP contribution in [-0.2, 0) is 6.54 Å². The lowest BCUT2D eigenvalue weighted by molar-refractivity contribution is 0.297. The van der Waals surface area contributed by atoms with E-state index in [1.165, 1.54) is 25.1 Å². The molecule has 1 heterocycles. The largest absolute Gasteiger partial charge is 0.488 e. The molecule has 0 spiro atoms. The Morgan fingerprint density at radius 1 is 1.12 bits per heavy atom. The summed E-state index contributed by atoms with van der Waals surface area (Å²) in [6.45, 7) is 3.49. The zero-order valence-electron chi connectivity index (χ0n) is 9.21. The first-order valence-corrected chi connectivity index (χ1v) is 5.90. The molecule has 2 aliphatic rings. The van der Waals surface area contributed by atoms with Crippen molar-refractivity contribution in [1.29, 1.82) is 0 Å². The smallest absolute Gasteiger partial charge is 0.423 e. The number of hydrogen-bond acceptors (Lipinski definition) is 3. The SMILES string of the molecule is OB(O)c1ccc(CN2CC3CC3C2)cc1. The van der Waals surface area contributed by atoms with Crippen LogP contribution in [0.15, 0.2) is 24.3 Å². The lowest BCUT2D eigenvalue weighted by Crippen LogP contribution is -2.29. The molecular formula is C12H16BNO2. The summed E-state index contributed by atoms with van der Waals surface area (Å²) in [5, 5.41) is 18.0. The lowest BCUT2D eigenvalue weighted by Gasteiger charge is -2.17. The van der Waals surface area contributed by atoms with Gasteiger partial charge in [-0.15, -0.1) is 0 Å². The fourth-order valence-corrected chi connectivity index (χ4v) is 2.68. The van der Waals surface area contributed by atoms with Crippen LogP contribution < -0.4 is 5.46 Å². The Hall–Kier alpha value is -0.835. The van der Waals surface area contributed by atoms with Gasteiger partial charge in [0.2, 0.25) is 0 Å². The number of hydrogen-bond donors (Lipinski definition) is 2. The third-order valence-electron chi connectivity index (χ3n) is 3.74. The second kappa shape index (κ2) is 3.88. The van der Waals surface area contributed by atoms with E-state index in [1.54, 1.807) is 12.1 Å². The van der Waals surface area contributed by atoms with Gasteiger partial charge in [0.1, 0.15) is 0 Å². The first-order valence-electron chi connectivity index (χ1n) is 5.90. The average Bonchev–Trinajstić information content (AvgIpc) is 2.87. The molecular weight excluding hydrogens is 201 g/mol. The van der Waals surface area contributed by atoms with E-state index >= 15 is 0 Å². The van der Waals surface area contributed by atoms with Crippen molar-refractivity contribution in [1.82, 2.24) is 4.90 Å². The highest BCUT2D eigenvalue weighted by Crippen LogP contribution is 2.45. The van der Waals surface area contributed by atoms with Crippen molar-refractivity contribution >= 4 is 12.6 Å². The van der Waals surface area contributed by atoms with Gasteiger partial charge in [-0.3, -0.25) is 4.90 Å². The maximum Gasteiger partial charge on any atom is 0.488 e. The minimum absolute atomic E-state index is 0.563. The van der Waals surface area contributed by atoms with Crippen molar-refractivity contribution < 1.29 is 10.0 Å². The Morgan fingerprint density at radius 3 is 2.31 bits per heavy atom. The summed E-state index contributed by atoms with van der Waals surface area (Å²) in [6, 6.07) is 7.55. The number of rotatable bonds is 3. The molecule has 1 aliphatic heterocycles. The number of piperidine rings is 1. The Labute approximate surface area is 95.9 Å². The van der Waals surface area contributed by atoms with E-state index in [-0.39, 0.29) is 0 Å². The summed E-state index contributed by atoms with van der Waals surface area (Å²) in [6.07, 6.45) is 1.44. The van der Waals surface area contributed by atoms with Gasteiger partial charge in [0, 0.05) is 19.6 Å². The molecule has 1 saturated heterocycles. The molecule has 84 valence electrons. The van der Waals surface area contributed by atoms with E-state index in [0.717, 1.165) is 18.4 Å². The predicted octanol–water partition coefficient (Wildman–Crippen LogP) is -0.182. The van der Waals surface area contributed by atoms with Gasteiger partial charge in [0.05, 0.1) is 0 Å². The van der Waals surface area contributed by atoms with Crippen molar-refractivity contribution in [2.75, 3.05) is 13.1 Å². The van der Waals surface area contributed by atoms with E-state index < -0.39 is 7.12 Å². The molecule has 0 radical (unpaired) electrons. The van der Waals surface area contributed by atoms with Gasteiger partial charge in [-0.2, -0.15) is 0 Å². The molecule has 2 N–H and O–H groups in total. The highest BCUT2D eigenvalue weighted by atomic mass is 16.4. The number of fused-ring (bicyclic) bond motifs is 1. The molecule has 3 nitrogen and oxygen atoms in total. The molecule has 0 bridgehead atoms. The second-order valence-corrected chi connectivity index (χ2v) is 5.07. The van der Waals surface area contributed by atoms with E-state index in [1.807, 2.05) is 12.1 Å². The van der Waals surface area contributed by atoms with Crippen LogP contribution in [-0.4, -0.2) is 35.2 Å². The molecule has 1 aliphatic carbocycles. The maximum absolute atomic E-state index is 8.98. The van der Waals surface area contributed by atoms with Crippen molar-refractivity contribution in [2.45, 2.75) is 13.0 Å². The molecule has 0 aromatic heterocycles. The van der Waals surface area contributed by atoms with Crippen LogP contribution in [0.2, 0.25) is 0 Å². The summed E-state index contributed by atoms with van der Waals surface area (Å²) in [5.74, 6) is 1.94. The van der Waals surface area contributed by atoms with Crippen LogP contribution in [0, 0.1) is 11.8 Å². The summed E-state index contributed by atoms with van der Waals surface area (Å²) in [4.78, 5) is 2.49. The van der Waals surface area contributed by atoms with E-state index in [4.69, 9.17) is 10.0 Å². The van der Waals surface area contributed by atoms with Gasteiger partial charge >= 0.3 is 7.12 Å². The fourth-order valence-electron chi connectivity index (χ4n) is 2.68. The molecule has 2 fully saturated rings. The highest BCUT2D eigenvalue weighted by molar-refractivity contribution is 6.58. The molecule has 2 atom stereocenters. The molecule has 1 aromatic carbocycles. The first kappa shape index (κ1) is 10.3. The Balaban J connectivity index is 1.61. The monoisotopic (exact) mass is 217 g/mol. The van der Waals surface area contributed by atoms with Crippen LogP contribution in [0.1, 0.15) is 12.0 Å². The molecule has 0 amide bonds. The summed E-state index contributed by atoms with van der Waals surface area (Å²) < 4.78 is 0. The van der Waals surface area contributed by atoms with Crippen LogP contribution in [0.4, 0.5) is 0 Å². The predicted molar refractivity (Wildman–Crippen MR) is 63.1 cm³/mol. The topological polar surface area (TPSA) is 43.7 Å². The van der Waals surface area contributed by atoms with Crippen LogP contribution in [0.3, 0.4) is 0 Å². The molecule has 2 unspecified atom stereocenters. The molecule has 4 heteroatoms. The Kier molecular flexibility index (Phi) is 2.50. The van der Waals surface area contributed by atoms with Crippen molar-refractivity contribution in [3.05, 3.63) is 29.8 Å². The normalized spacial score (nSPS) is 27.9. The minimum atomic E-state index is -1.35. The van der Waals surface area contributed by atoms with Crippen molar-refractivity contribution in [2.24, 2.45) is 11.8 Å². The summed E-state index contributed by atoms with van der Waals surface area (Å²) >= 11 is 0. The standard InChI is InChI=1S/C12H16BNO2/c15-13(16)12-3-1-9(2-4-12)6-14-7-10-5-11(10)8-14/h1-4,10-11,15-16H,5-8H2. The van der Waals surface area contributed by atoms with Gasteiger partial charge in [-0.1, -0.05) is 24.3 Å². The number of nitrogens with zero attached hydrogens (tertiary/aromatic N) is 1. The number of likely N-dealkylation sites (tertiary alicyclic amines) is 1. The maximum atomic E-state index is 8.98. The van der Waals surface area contributed by atoms with Gasteiger partial charge in [-0.05, 0) is 29.3 Å². The highest BCUT2D eigenvalue weighted by Gasteiger charge is 2.44. The van der Waals surface area contributed by atoms with Crippen molar-refractivity contribution in [3.8, 4) is 0 Å². The summed E-state index contributed by atoms with van der Waals surface area (Å²) in [5.41, 5.74) is 1.82. The van der Waals surface area contributed by atoms with Gasteiger partial charge in [0.25, 0.3) is 0 Å². The van der Waals surface area contributed by atoms with Gasteiger partial charge < -0.3 is 10.0 Å². The van der Waals surface area contributed by atoms with Crippen LogP contribution in [0.25, 0.3) is 0 Å². The molecule has 16 heavy (non-hydrogen) atoms. The Bertz CT molecular complexity index is 369. The quantitative estimate of drug-likeness (QED) is 0.690. The molecule has 1 aromatic rings. The van der Waals surface area contributed by atoms with E-state index in [0.29, 0.717) is 5.46 Å².